The molecule has 25 heavy (non-hydrogen) atoms. The number of aromatic hydroxyl groups is 2. The minimum atomic E-state index is -2.38. The van der Waals surface area contributed by atoms with Gasteiger partial charge in [0.15, 0.2) is 0 Å². The van der Waals surface area contributed by atoms with E-state index in [-0.39, 0.29) is 28.2 Å². The first kappa shape index (κ1) is 16.7. The average molecular weight is 347 g/mol. The second-order valence-electron chi connectivity index (χ2n) is 5.40. The number of phenols is 2. The van der Waals surface area contributed by atoms with E-state index >= 15 is 0 Å². The molecule has 1 amide bonds. The molecular weight excluding hydrogens is 333 g/mol. The van der Waals surface area contributed by atoms with Crippen molar-refractivity contribution in [3.8, 4) is 17.2 Å². The van der Waals surface area contributed by atoms with Gasteiger partial charge in [-0.25, -0.2) is 14.7 Å². The van der Waals surface area contributed by atoms with E-state index < -0.39 is 23.3 Å². The standard InChI is InChI=1S/C17H14FNO6/c1-9(20)19-25-17(23)13(10-3-2-4-11(18)5-10)8-24-15-7-12(21)6-14(22)16(15)17/h2-8,21-23H,1H3,(H,19,20). The van der Waals surface area contributed by atoms with Crippen LogP contribution in [0.4, 0.5) is 4.39 Å². The Kier molecular flexibility index (Phi) is 4.07. The van der Waals surface area contributed by atoms with Crippen LogP contribution in [0.15, 0.2) is 42.7 Å². The predicted octanol–water partition coefficient (Wildman–Crippen LogP) is 1.88. The van der Waals surface area contributed by atoms with Crippen molar-refractivity contribution >= 4 is 11.5 Å². The largest absolute Gasteiger partial charge is 0.508 e. The van der Waals surface area contributed by atoms with Gasteiger partial charge in [-0.3, -0.25) is 4.79 Å². The molecule has 0 aromatic heterocycles. The third kappa shape index (κ3) is 3.00. The third-order valence-corrected chi connectivity index (χ3v) is 3.55. The summed E-state index contributed by atoms with van der Waals surface area (Å²) in [6.45, 7) is 1.16. The number of halogens is 1. The number of phenolic OH excluding ortho intramolecular Hbond substituents is 2. The molecule has 130 valence electrons. The Labute approximate surface area is 141 Å². The number of aliphatic hydroxyl groups is 1. The molecule has 0 bridgehead atoms. The lowest BCUT2D eigenvalue weighted by Crippen LogP contribution is -2.40. The van der Waals surface area contributed by atoms with Crippen LogP contribution in [0.5, 0.6) is 17.2 Å². The average Bonchev–Trinajstić information content (AvgIpc) is 2.52. The molecule has 8 heteroatoms. The van der Waals surface area contributed by atoms with E-state index in [9.17, 15) is 24.5 Å². The van der Waals surface area contributed by atoms with E-state index in [2.05, 4.69) is 0 Å². The van der Waals surface area contributed by atoms with Gasteiger partial charge in [-0.1, -0.05) is 12.1 Å². The number of hydrogen-bond acceptors (Lipinski definition) is 6. The zero-order chi connectivity index (χ0) is 18.2. The van der Waals surface area contributed by atoms with Crippen LogP contribution in [0, 0.1) is 5.82 Å². The van der Waals surface area contributed by atoms with Gasteiger partial charge in [0, 0.05) is 19.1 Å². The Morgan fingerprint density at radius 2 is 2.04 bits per heavy atom. The normalized spacial score (nSPS) is 18.8. The third-order valence-electron chi connectivity index (χ3n) is 3.55. The van der Waals surface area contributed by atoms with Crippen molar-refractivity contribution in [1.82, 2.24) is 5.48 Å². The lowest BCUT2D eigenvalue weighted by atomic mass is 9.89. The van der Waals surface area contributed by atoms with E-state index in [1.807, 2.05) is 5.48 Å². The number of ether oxygens (including phenoxy) is 1. The molecule has 1 aliphatic heterocycles. The number of nitrogens with one attached hydrogen (secondary N) is 1. The van der Waals surface area contributed by atoms with Crippen LogP contribution in [0.25, 0.3) is 5.57 Å². The second-order valence-corrected chi connectivity index (χ2v) is 5.40. The highest BCUT2D eigenvalue weighted by Crippen LogP contribution is 2.49. The van der Waals surface area contributed by atoms with Crippen molar-refractivity contribution in [2.45, 2.75) is 12.7 Å². The van der Waals surface area contributed by atoms with E-state index in [4.69, 9.17) is 9.57 Å². The summed E-state index contributed by atoms with van der Waals surface area (Å²) in [5.74, 6) is -4.50. The van der Waals surface area contributed by atoms with Crippen LogP contribution >= 0.6 is 0 Å². The van der Waals surface area contributed by atoms with Crippen LogP contribution in [0.1, 0.15) is 18.1 Å². The molecule has 0 spiro atoms. The Balaban J connectivity index is 2.18. The summed E-state index contributed by atoms with van der Waals surface area (Å²) in [5.41, 5.74) is 1.89. The zero-order valence-corrected chi connectivity index (χ0v) is 13.0. The predicted molar refractivity (Wildman–Crippen MR) is 83.6 cm³/mol. The lowest BCUT2D eigenvalue weighted by Gasteiger charge is -2.34. The second kappa shape index (κ2) is 6.08. The van der Waals surface area contributed by atoms with E-state index in [1.54, 1.807) is 0 Å². The summed E-state index contributed by atoms with van der Waals surface area (Å²) in [6.07, 6.45) is 1.08. The lowest BCUT2D eigenvalue weighted by molar-refractivity contribution is -0.211. The highest BCUT2D eigenvalue weighted by Gasteiger charge is 2.45. The van der Waals surface area contributed by atoms with Gasteiger partial charge in [-0.05, 0) is 17.7 Å². The number of rotatable bonds is 3. The Hall–Kier alpha value is -3.10. The van der Waals surface area contributed by atoms with Gasteiger partial charge in [0.05, 0.1) is 5.57 Å². The summed E-state index contributed by atoms with van der Waals surface area (Å²) in [6, 6.07) is 7.36. The van der Waals surface area contributed by atoms with Crippen molar-refractivity contribution < 1.29 is 34.1 Å². The number of benzene rings is 2. The first-order chi connectivity index (χ1) is 11.8. The number of hydroxylamine groups is 1. The molecule has 1 atom stereocenters. The summed E-state index contributed by atoms with van der Waals surface area (Å²) in [4.78, 5) is 16.3. The molecule has 0 saturated carbocycles. The maximum atomic E-state index is 13.6. The molecule has 1 aliphatic rings. The molecular formula is C17H14FNO6. The minimum Gasteiger partial charge on any atom is -0.508 e. The van der Waals surface area contributed by atoms with Gasteiger partial charge >= 0.3 is 0 Å². The molecule has 4 N–H and O–H groups in total. The maximum Gasteiger partial charge on any atom is 0.254 e. The van der Waals surface area contributed by atoms with Gasteiger partial charge in [0.2, 0.25) is 5.91 Å². The van der Waals surface area contributed by atoms with Crippen LogP contribution in [-0.2, 0) is 15.4 Å². The molecule has 1 heterocycles. The quantitative estimate of drug-likeness (QED) is 0.499. The van der Waals surface area contributed by atoms with Crippen LogP contribution < -0.4 is 10.2 Å². The Morgan fingerprint density at radius 1 is 1.28 bits per heavy atom. The topological polar surface area (TPSA) is 108 Å². The summed E-state index contributed by atoms with van der Waals surface area (Å²) in [5, 5.41) is 30.8. The molecule has 1 unspecified atom stereocenters. The molecule has 7 nitrogen and oxygen atoms in total. The summed E-state index contributed by atoms with van der Waals surface area (Å²) >= 11 is 0. The Bertz CT molecular complexity index is 881. The van der Waals surface area contributed by atoms with Crippen molar-refractivity contribution in [1.29, 1.82) is 0 Å². The van der Waals surface area contributed by atoms with Gasteiger partial charge in [0.25, 0.3) is 5.79 Å². The number of amides is 1. The van der Waals surface area contributed by atoms with Crippen LogP contribution in [-0.4, -0.2) is 21.2 Å². The highest BCUT2D eigenvalue weighted by molar-refractivity contribution is 5.77. The SMILES string of the molecule is CC(=O)NOC1(O)C(c2cccc(F)c2)=COc2cc(O)cc(O)c21. The molecule has 2 aromatic rings. The first-order valence-corrected chi connectivity index (χ1v) is 7.18. The fourth-order valence-corrected chi connectivity index (χ4v) is 2.53. The Morgan fingerprint density at radius 3 is 2.72 bits per heavy atom. The van der Waals surface area contributed by atoms with Crippen molar-refractivity contribution in [2.24, 2.45) is 0 Å². The van der Waals surface area contributed by atoms with Gasteiger partial charge < -0.3 is 20.1 Å². The number of fused-ring (bicyclic) bond motifs is 1. The van der Waals surface area contributed by atoms with Gasteiger partial charge in [-0.2, -0.15) is 0 Å². The van der Waals surface area contributed by atoms with Crippen molar-refractivity contribution in [2.75, 3.05) is 0 Å². The molecule has 0 aliphatic carbocycles. The van der Waals surface area contributed by atoms with Gasteiger partial charge in [-0.15, -0.1) is 0 Å². The highest BCUT2D eigenvalue weighted by atomic mass is 19.1. The molecule has 0 saturated heterocycles. The van der Waals surface area contributed by atoms with E-state index in [1.165, 1.54) is 18.2 Å². The van der Waals surface area contributed by atoms with Gasteiger partial charge in [0.1, 0.15) is 34.9 Å². The fraction of sp³-hybridized carbons (Fsp3) is 0.118. The number of carbonyl (C=O) groups excluding carboxylic acids is 1. The smallest absolute Gasteiger partial charge is 0.254 e. The molecule has 0 radical (unpaired) electrons. The monoisotopic (exact) mass is 347 g/mol. The molecule has 0 fully saturated rings. The van der Waals surface area contributed by atoms with Crippen molar-refractivity contribution in [3.63, 3.8) is 0 Å². The van der Waals surface area contributed by atoms with E-state index in [0.717, 1.165) is 31.4 Å². The fourth-order valence-electron chi connectivity index (χ4n) is 2.53. The maximum absolute atomic E-state index is 13.6. The molecule has 3 rings (SSSR count). The summed E-state index contributed by atoms with van der Waals surface area (Å²) < 4.78 is 18.9. The molecule has 2 aromatic carbocycles. The van der Waals surface area contributed by atoms with E-state index in [0.29, 0.717) is 0 Å². The van der Waals surface area contributed by atoms with Crippen LogP contribution in [0.2, 0.25) is 0 Å². The number of carbonyl (C=O) groups is 1. The van der Waals surface area contributed by atoms with Crippen LogP contribution in [0.3, 0.4) is 0 Å². The number of hydrogen-bond donors (Lipinski definition) is 4. The zero-order valence-electron chi connectivity index (χ0n) is 13.0. The summed E-state index contributed by atoms with van der Waals surface area (Å²) in [7, 11) is 0. The van der Waals surface area contributed by atoms with Crippen molar-refractivity contribution in [3.05, 3.63) is 59.6 Å². The first-order valence-electron chi connectivity index (χ1n) is 7.18. The minimum absolute atomic E-state index is 0.0609.